The third-order valence-corrected chi connectivity index (χ3v) is 24.5. The van der Waals surface area contributed by atoms with Gasteiger partial charge in [-0.1, -0.05) is 285 Å². The van der Waals surface area contributed by atoms with Gasteiger partial charge in [0.15, 0.2) is 0 Å². The van der Waals surface area contributed by atoms with E-state index in [0.717, 1.165) is 60.5 Å². The van der Waals surface area contributed by atoms with Gasteiger partial charge in [-0.2, -0.15) is 0 Å². The third kappa shape index (κ3) is 9.08. The zero-order valence-electron chi connectivity index (χ0n) is 58.6. The van der Waals surface area contributed by atoms with Crippen LogP contribution in [0.25, 0.3) is 88.3 Å². The molecule has 0 N–H and O–H groups in total. The van der Waals surface area contributed by atoms with Gasteiger partial charge in [-0.15, -0.1) is 0 Å². The highest BCUT2D eigenvalue weighted by Crippen LogP contribution is 2.59. The second-order valence-electron chi connectivity index (χ2n) is 31.3. The van der Waals surface area contributed by atoms with Gasteiger partial charge in [0.05, 0.1) is 0 Å². The van der Waals surface area contributed by atoms with E-state index in [1.165, 1.54) is 150 Å². The standard InChI is InChI=1S/C98H82N2/c1-95(2)85-31-19-15-27-73(85)77-49-43-69(57-89(77)95)99(70-44-50-78-74-28-16-20-32-86(74)96(3,4)90(78)58-70)67-47-53-81-83(55-67)93(65-39-35-63(36-40-65)61-23-11-9-12-24-61)82-54-48-68(56-84(82)94(81)66-41-37-64(38-42-66)62-25-13-10-14-26-62)100(71-45-51-79-75-29-17-21-33-87(75)97(5,6)91(79)59-71)72-46-52-80-76-30-18-22-34-88(76)98(7,8)92(80)60-72/h9-13,15-19,21-25,27-31,33-51,53-60,80H,14,20,26,32,52H2,1-8H3. The van der Waals surface area contributed by atoms with E-state index in [0.29, 0.717) is 5.92 Å². The molecule has 1 unspecified atom stereocenters. The van der Waals surface area contributed by atoms with Gasteiger partial charge >= 0.3 is 0 Å². The van der Waals surface area contributed by atoms with E-state index in [2.05, 4.69) is 350 Å². The monoisotopic (exact) mass is 1290 g/mol. The summed E-state index contributed by atoms with van der Waals surface area (Å²) >= 11 is 0. The molecule has 0 aromatic heterocycles. The summed E-state index contributed by atoms with van der Waals surface area (Å²) in [5.41, 5.74) is 37.1. The van der Waals surface area contributed by atoms with Gasteiger partial charge in [-0.05, 0) is 237 Å². The molecule has 0 fully saturated rings. The van der Waals surface area contributed by atoms with Crippen LogP contribution in [0.2, 0.25) is 0 Å². The fraction of sp³-hybridized carbons (Fsp3) is 0.184. The van der Waals surface area contributed by atoms with Crippen LogP contribution in [0.4, 0.5) is 28.4 Å². The molecule has 0 heterocycles. The lowest BCUT2D eigenvalue weighted by atomic mass is 9.78. The minimum Gasteiger partial charge on any atom is -0.311 e. The Hall–Kier alpha value is -10.8. The summed E-state index contributed by atoms with van der Waals surface area (Å²) in [6, 6.07) is 94.1. The molecule has 1 atom stereocenters. The Morgan fingerprint density at radius 2 is 0.820 bits per heavy atom. The maximum atomic E-state index is 2.60. The molecule has 0 spiro atoms. The molecule has 0 radical (unpaired) electrons. The van der Waals surface area contributed by atoms with Crippen molar-refractivity contribution < 1.29 is 0 Å². The second kappa shape index (κ2) is 22.4. The van der Waals surface area contributed by atoms with Gasteiger partial charge in [0, 0.05) is 61.7 Å². The highest BCUT2D eigenvalue weighted by Gasteiger charge is 2.44. The Morgan fingerprint density at radius 1 is 0.350 bits per heavy atom. The van der Waals surface area contributed by atoms with E-state index < -0.39 is 0 Å². The van der Waals surface area contributed by atoms with Crippen molar-refractivity contribution in [2.24, 2.45) is 0 Å². The summed E-state index contributed by atoms with van der Waals surface area (Å²) in [4.78, 5) is 5.18. The fourth-order valence-corrected chi connectivity index (χ4v) is 19.2. The molecular weight excluding hydrogens is 1210 g/mol. The lowest BCUT2D eigenvalue weighted by molar-refractivity contribution is 0.607. The molecule has 7 aliphatic carbocycles. The number of benzene rings is 12. The molecule has 19 rings (SSSR count). The number of anilines is 5. The van der Waals surface area contributed by atoms with E-state index in [1.807, 2.05) is 0 Å². The zero-order valence-corrected chi connectivity index (χ0v) is 58.6. The van der Waals surface area contributed by atoms with Crippen LogP contribution in [0.1, 0.15) is 143 Å². The first-order valence-electron chi connectivity index (χ1n) is 36.4. The van der Waals surface area contributed by atoms with Crippen LogP contribution < -0.4 is 9.80 Å². The summed E-state index contributed by atoms with van der Waals surface area (Å²) in [6.45, 7) is 19.4. The van der Waals surface area contributed by atoms with E-state index >= 15 is 0 Å². The number of allylic oxidation sites excluding steroid dienone is 11. The van der Waals surface area contributed by atoms with E-state index in [9.17, 15) is 0 Å². The second-order valence-corrected chi connectivity index (χ2v) is 31.3. The van der Waals surface area contributed by atoms with E-state index in [-0.39, 0.29) is 21.7 Å². The van der Waals surface area contributed by atoms with Crippen LogP contribution in [0.5, 0.6) is 0 Å². The molecule has 7 aliphatic rings. The molecule has 0 saturated carbocycles. The molecule has 100 heavy (non-hydrogen) atoms. The predicted molar refractivity (Wildman–Crippen MR) is 424 cm³/mol. The molecule has 0 saturated heterocycles. The largest absolute Gasteiger partial charge is 0.311 e. The van der Waals surface area contributed by atoms with Gasteiger partial charge in [0.1, 0.15) is 0 Å². The van der Waals surface area contributed by atoms with Gasteiger partial charge in [0.25, 0.3) is 0 Å². The van der Waals surface area contributed by atoms with Crippen molar-refractivity contribution in [3.63, 3.8) is 0 Å². The van der Waals surface area contributed by atoms with Crippen molar-refractivity contribution in [2.75, 3.05) is 9.80 Å². The van der Waals surface area contributed by atoms with E-state index in [4.69, 9.17) is 0 Å². The van der Waals surface area contributed by atoms with Crippen LogP contribution in [-0.4, -0.2) is 0 Å². The summed E-state index contributed by atoms with van der Waals surface area (Å²) in [6.07, 6.45) is 21.9. The Kier molecular flexibility index (Phi) is 13.5. The minimum absolute atomic E-state index is 0.113. The first kappa shape index (κ1) is 60.4. The molecule has 0 aliphatic heterocycles. The quantitative estimate of drug-likeness (QED) is 0.126. The molecule has 12 aromatic rings. The van der Waals surface area contributed by atoms with Gasteiger partial charge in [-0.25, -0.2) is 0 Å². The molecule has 484 valence electrons. The molecule has 2 heteroatoms. The Morgan fingerprint density at radius 3 is 1.42 bits per heavy atom. The average molecular weight is 1290 g/mol. The fourth-order valence-electron chi connectivity index (χ4n) is 19.2. The Bertz CT molecular complexity index is 5670. The zero-order chi connectivity index (χ0) is 67.6. The van der Waals surface area contributed by atoms with Gasteiger partial charge in [-0.3, -0.25) is 0 Å². The lowest BCUT2D eigenvalue weighted by Crippen LogP contribution is -2.23. The molecule has 12 aromatic carbocycles. The summed E-state index contributed by atoms with van der Waals surface area (Å²) in [5, 5.41) is 4.84. The lowest BCUT2D eigenvalue weighted by Gasteiger charge is -2.34. The number of fused-ring (bicyclic) bond motifs is 13. The Balaban J connectivity index is 0.872. The van der Waals surface area contributed by atoms with Crippen molar-refractivity contribution in [2.45, 2.75) is 115 Å². The smallest absolute Gasteiger partial charge is 0.0468 e. The number of hydrogen-bond acceptors (Lipinski definition) is 2. The van der Waals surface area contributed by atoms with Crippen LogP contribution in [0.15, 0.2) is 302 Å². The topological polar surface area (TPSA) is 6.48 Å². The highest BCUT2D eigenvalue weighted by molar-refractivity contribution is 6.23. The SMILES string of the molecule is CC1(C)C2=C(C=CCC2)c2ccc(N(c3ccc4c(c3)C(C)(C)c3ccccc3-4)c3ccc4c(-c5ccc(C6=CC=CCC6)cc5)c5cc(N(C6=CCC7C(=C6)C(C)(C)c6ccccc67)c6ccc7c(c6)C(C)(C)c6ccccc6-7)ccc5c(-c5ccc(-c6ccccc6)cc5)c4c3)cc21. The highest BCUT2D eigenvalue weighted by atomic mass is 15.2. The molecular formula is C98H82N2. The molecule has 0 amide bonds. The van der Waals surface area contributed by atoms with Crippen LogP contribution in [0, 0.1) is 0 Å². The summed E-state index contributed by atoms with van der Waals surface area (Å²) in [7, 11) is 0. The van der Waals surface area contributed by atoms with Crippen LogP contribution in [-0.2, 0) is 21.7 Å². The average Bonchev–Trinajstić information content (AvgIpc) is 0.923. The third-order valence-electron chi connectivity index (χ3n) is 24.5. The van der Waals surface area contributed by atoms with Crippen molar-refractivity contribution in [1.82, 2.24) is 0 Å². The first-order valence-corrected chi connectivity index (χ1v) is 36.4. The van der Waals surface area contributed by atoms with Gasteiger partial charge in [0.2, 0.25) is 0 Å². The first-order chi connectivity index (χ1) is 48.6. The minimum atomic E-state index is -0.192. The number of hydrogen-bond donors (Lipinski definition) is 0. The normalized spacial score (nSPS) is 17.9. The van der Waals surface area contributed by atoms with Crippen molar-refractivity contribution in [3.05, 3.63) is 352 Å². The van der Waals surface area contributed by atoms with Crippen molar-refractivity contribution in [3.8, 4) is 55.6 Å². The molecule has 0 bridgehead atoms. The van der Waals surface area contributed by atoms with Crippen molar-refractivity contribution in [1.29, 1.82) is 0 Å². The number of rotatable bonds is 10. The summed E-state index contributed by atoms with van der Waals surface area (Å²) < 4.78 is 0. The molecule has 2 nitrogen and oxygen atoms in total. The maximum absolute atomic E-state index is 2.60. The van der Waals surface area contributed by atoms with Crippen molar-refractivity contribution >= 4 is 61.1 Å². The predicted octanol–water partition coefficient (Wildman–Crippen LogP) is 26.6. The van der Waals surface area contributed by atoms with Crippen LogP contribution in [0.3, 0.4) is 0 Å². The maximum Gasteiger partial charge on any atom is 0.0468 e. The number of nitrogens with zero attached hydrogens (tertiary/aromatic N) is 2. The van der Waals surface area contributed by atoms with E-state index in [1.54, 1.807) is 5.57 Å². The van der Waals surface area contributed by atoms with Crippen LogP contribution >= 0.6 is 0 Å². The summed E-state index contributed by atoms with van der Waals surface area (Å²) in [5.74, 6) is 0.334. The van der Waals surface area contributed by atoms with Gasteiger partial charge < -0.3 is 9.80 Å². The Labute approximate surface area is 590 Å².